The van der Waals surface area contributed by atoms with Gasteiger partial charge >= 0.3 is 5.97 Å². The molecular formula is C20H18Cl2N2O2. The van der Waals surface area contributed by atoms with Crippen LogP contribution >= 0.6 is 23.2 Å². The van der Waals surface area contributed by atoms with Gasteiger partial charge in [0.15, 0.2) is 0 Å². The zero-order valence-corrected chi connectivity index (χ0v) is 15.6. The molecule has 0 aliphatic rings. The van der Waals surface area contributed by atoms with Crippen molar-refractivity contribution >= 4 is 29.2 Å². The Morgan fingerprint density at radius 3 is 2.46 bits per heavy atom. The van der Waals surface area contributed by atoms with Gasteiger partial charge in [-0.25, -0.2) is 4.98 Å². The maximum atomic E-state index is 12.2. The van der Waals surface area contributed by atoms with Gasteiger partial charge in [0.25, 0.3) is 0 Å². The van der Waals surface area contributed by atoms with E-state index in [1.54, 1.807) is 12.5 Å². The molecule has 0 atom stereocenters. The first-order valence-electron chi connectivity index (χ1n) is 8.24. The van der Waals surface area contributed by atoms with E-state index in [0.29, 0.717) is 29.6 Å². The number of aromatic nitrogens is 2. The topological polar surface area (TPSA) is 44.1 Å². The van der Waals surface area contributed by atoms with Crippen LogP contribution < -0.4 is 0 Å². The number of esters is 1. The molecule has 134 valence electrons. The van der Waals surface area contributed by atoms with Crippen molar-refractivity contribution in [1.29, 1.82) is 0 Å². The third-order valence-corrected chi connectivity index (χ3v) is 4.76. The molecule has 0 unspecified atom stereocenters. The highest BCUT2D eigenvalue weighted by molar-refractivity contribution is 6.36. The normalized spacial score (nSPS) is 10.7. The van der Waals surface area contributed by atoms with E-state index in [2.05, 4.69) is 4.98 Å². The summed E-state index contributed by atoms with van der Waals surface area (Å²) in [6.07, 6.45) is 5.99. The molecule has 4 nitrogen and oxygen atoms in total. The number of halogens is 2. The smallest absolute Gasteiger partial charge is 0.310 e. The quantitative estimate of drug-likeness (QED) is 0.556. The zero-order valence-electron chi connectivity index (χ0n) is 14.1. The molecule has 0 bridgehead atoms. The summed E-state index contributed by atoms with van der Waals surface area (Å²) in [4.78, 5) is 16.1. The molecule has 6 heteroatoms. The van der Waals surface area contributed by atoms with Gasteiger partial charge in [-0.2, -0.15) is 0 Å². The molecule has 2 aromatic carbocycles. The van der Waals surface area contributed by atoms with Crippen molar-refractivity contribution in [3.63, 3.8) is 0 Å². The Hall–Kier alpha value is -2.30. The molecule has 1 aromatic heterocycles. The van der Waals surface area contributed by atoms with Crippen LogP contribution in [0.25, 0.3) is 0 Å². The first-order chi connectivity index (χ1) is 12.6. The van der Waals surface area contributed by atoms with Crippen molar-refractivity contribution in [2.75, 3.05) is 6.61 Å². The van der Waals surface area contributed by atoms with Crippen LogP contribution in [-0.2, 0) is 28.9 Å². The largest absolute Gasteiger partial charge is 0.464 e. The van der Waals surface area contributed by atoms with E-state index in [-0.39, 0.29) is 12.4 Å². The minimum atomic E-state index is -0.261. The third kappa shape index (κ3) is 4.87. The lowest BCUT2D eigenvalue weighted by molar-refractivity contribution is -0.143. The molecule has 26 heavy (non-hydrogen) atoms. The van der Waals surface area contributed by atoms with Crippen molar-refractivity contribution in [2.24, 2.45) is 0 Å². The maximum absolute atomic E-state index is 12.2. The van der Waals surface area contributed by atoms with Gasteiger partial charge in [-0.15, -0.1) is 0 Å². The molecule has 0 saturated heterocycles. The molecule has 3 rings (SSSR count). The summed E-state index contributed by atoms with van der Waals surface area (Å²) in [7, 11) is 0. The van der Waals surface area contributed by atoms with Gasteiger partial charge < -0.3 is 9.30 Å². The summed E-state index contributed by atoms with van der Waals surface area (Å²) < 4.78 is 7.19. The Morgan fingerprint density at radius 2 is 1.77 bits per heavy atom. The molecule has 0 aliphatic carbocycles. The summed E-state index contributed by atoms with van der Waals surface area (Å²) in [5, 5.41) is 1.24. The SMILES string of the molecule is O=C(Cc1ccccc1Cc1c(Cl)cccc1Cl)OCCn1ccnc1. The van der Waals surface area contributed by atoms with Gasteiger partial charge in [0, 0.05) is 28.9 Å². The summed E-state index contributed by atoms with van der Waals surface area (Å²) in [5.74, 6) is -0.261. The fourth-order valence-corrected chi connectivity index (χ4v) is 3.22. The lowest BCUT2D eigenvalue weighted by Crippen LogP contribution is -2.13. The second kappa shape index (κ2) is 8.88. The Kier molecular flexibility index (Phi) is 6.31. The van der Waals surface area contributed by atoms with Gasteiger partial charge in [0.2, 0.25) is 0 Å². The maximum Gasteiger partial charge on any atom is 0.310 e. The molecule has 0 radical (unpaired) electrons. The molecule has 0 fully saturated rings. The molecule has 3 aromatic rings. The van der Waals surface area contributed by atoms with Gasteiger partial charge in [-0.05, 0) is 28.8 Å². The summed E-state index contributed by atoms with van der Waals surface area (Å²) >= 11 is 12.5. The van der Waals surface area contributed by atoms with Crippen LogP contribution in [0.2, 0.25) is 10.0 Å². The van der Waals surface area contributed by atoms with Crippen molar-refractivity contribution in [3.05, 3.63) is 87.9 Å². The zero-order chi connectivity index (χ0) is 18.4. The number of hydrogen-bond acceptors (Lipinski definition) is 3. The number of nitrogens with zero attached hydrogens (tertiary/aromatic N) is 2. The van der Waals surface area contributed by atoms with Crippen molar-refractivity contribution in [3.8, 4) is 0 Å². The number of rotatable bonds is 7. The van der Waals surface area contributed by atoms with E-state index < -0.39 is 0 Å². The lowest BCUT2D eigenvalue weighted by atomic mass is 9.98. The van der Waals surface area contributed by atoms with Crippen LogP contribution in [0.3, 0.4) is 0 Å². The molecule has 0 aliphatic heterocycles. The van der Waals surface area contributed by atoms with Gasteiger partial charge in [0.05, 0.1) is 19.3 Å². The molecular weight excluding hydrogens is 371 g/mol. The number of hydrogen-bond donors (Lipinski definition) is 0. The minimum Gasteiger partial charge on any atom is -0.464 e. The number of ether oxygens (including phenoxy) is 1. The van der Waals surface area contributed by atoms with Crippen LogP contribution in [0.15, 0.2) is 61.2 Å². The molecule has 0 amide bonds. The summed E-state index contributed by atoms with van der Waals surface area (Å²) in [6, 6.07) is 13.2. The fourth-order valence-electron chi connectivity index (χ4n) is 2.68. The summed E-state index contributed by atoms with van der Waals surface area (Å²) in [6.45, 7) is 0.899. The summed E-state index contributed by atoms with van der Waals surface area (Å²) in [5.41, 5.74) is 2.78. The monoisotopic (exact) mass is 388 g/mol. The van der Waals surface area contributed by atoms with Gasteiger partial charge in [-0.1, -0.05) is 53.5 Å². The highest BCUT2D eigenvalue weighted by atomic mass is 35.5. The molecule has 1 heterocycles. The lowest BCUT2D eigenvalue weighted by Gasteiger charge is -2.12. The number of carbonyl (C=O) groups excluding carboxylic acids is 1. The first kappa shape index (κ1) is 18.5. The Bertz CT molecular complexity index is 859. The highest BCUT2D eigenvalue weighted by Crippen LogP contribution is 2.28. The van der Waals surface area contributed by atoms with E-state index in [1.807, 2.05) is 53.2 Å². The van der Waals surface area contributed by atoms with E-state index in [4.69, 9.17) is 27.9 Å². The van der Waals surface area contributed by atoms with Gasteiger partial charge in [0.1, 0.15) is 6.61 Å². The fraction of sp³-hybridized carbons (Fsp3) is 0.200. The van der Waals surface area contributed by atoms with Crippen LogP contribution in [0, 0.1) is 0 Å². The average Bonchev–Trinajstić information content (AvgIpc) is 3.13. The van der Waals surface area contributed by atoms with Crippen molar-refractivity contribution in [1.82, 2.24) is 9.55 Å². The van der Waals surface area contributed by atoms with E-state index in [0.717, 1.165) is 16.7 Å². The Morgan fingerprint density at radius 1 is 1.04 bits per heavy atom. The van der Waals surface area contributed by atoms with Gasteiger partial charge in [-0.3, -0.25) is 4.79 Å². The van der Waals surface area contributed by atoms with Crippen molar-refractivity contribution in [2.45, 2.75) is 19.4 Å². The number of imidazole rings is 1. The van der Waals surface area contributed by atoms with E-state index in [9.17, 15) is 4.79 Å². The number of benzene rings is 2. The average molecular weight is 389 g/mol. The van der Waals surface area contributed by atoms with Crippen LogP contribution in [-0.4, -0.2) is 22.1 Å². The van der Waals surface area contributed by atoms with E-state index in [1.165, 1.54) is 0 Å². The third-order valence-electron chi connectivity index (χ3n) is 4.05. The molecule has 0 spiro atoms. The second-order valence-electron chi connectivity index (χ2n) is 5.84. The standard InChI is InChI=1S/C20H18Cl2N2O2/c21-18-6-3-7-19(22)17(18)12-15-4-1-2-5-16(15)13-20(25)26-11-10-24-9-8-23-14-24/h1-9,14H,10-13H2. The Labute approximate surface area is 162 Å². The molecule has 0 saturated carbocycles. The van der Waals surface area contributed by atoms with E-state index >= 15 is 0 Å². The minimum absolute atomic E-state index is 0.210. The molecule has 0 N–H and O–H groups in total. The first-order valence-corrected chi connectivity index (χ1v) is 9.00. The number of carbonyl (C=O) groups is 1. The van der Waals surface area contributed by atoms with Crippen LogP contribution in [0.5, 0.6) is 0 Å². The predicted octanol–water partition coefficient (Wildman–Crippen LogP) is 4.57. The van der Waals surface area contributed by atoms with Crippen LogP contribution in [0.1, 0.15) is 16.7 Å². The predicted molar refractivity (Wildman–Crippen MR) is 103 cm³/mol. The van der Waals surface area contributed by atoms with Crippen molar-refractivity contribution < 1.29 is 9.53 Å². The second-order valence-corrected chi connectivity index (χ2v) is 6.66. The van der Waals surface area contributed by atoms with Crippen LogP contribution in [0.4, 0.5) is 0 Å². The Balaban J connectivity index is 1.64. The highest BCUT2D eigenvalue weighted by Gasteiger charge is 2.12.